The van der Waals surface area contributed by atoms with E-state index in [1.807, 2.05) is 63.2 Å². The van der Waals surface area contributed by atoms with Crippen molar-refractivity contribution in [1.82, 2.24) is 0 Å². The topological polar surface area (TPSA) is 82.1 Å². The Morgan fingerprint density at radius 3 is 2.09 bits per heavy atom. The highest BCUT2D eigenvalue weighted by Crippen LogP contribution is 2.50. The van der Waals surface area contributed by atoms with Crippen LogP contribution in [0.5, 0.6) is 5.75 Å². The van der Waals surface area contributed by atoms with Crippen LogP contribution in [0.2, 0.25) is 0 Å². The molecule has 180 valence electrons. The zero-order chi connectivity index (χ0) is 24.6. The number of ether oxygens (including phenoxy) is 2. The zero-order valence-corrected chi connectivity index (χ0v) is 20.7. The summed E-state index contributed by atoms with van der Waals surface area (Å²) in [7, 11) is -3.97. The highest BCUT2D eigenvalue weighted by atomic mass is 31.2. The molecular formula is C27H31O6P. The number of aliphatic hydroxyl groups excluding tert-OH is 1. The van der Waals surface area contributed by atoms with Crippen molar-refractivity contribution in [2.24, 2.45) is 0 Å². The van der Waals surface area contributed by atoms with Crippen LogP contribution in [0.4, 0.5) is 0 Å². The zero-order valence-electron chi connectivity index (χ0n) is 19.8. The van der Waals surface area contributed by atoms with Crippen LogP contribution in [0.25, 0.3) is 0 Å². The van der Waals surface area contributed by atoms with Crippen molar-refractivity contribution in [2.75, 3.05) is 26.4 Å². The summed E-state index contributed by atoms with van der Waals surface area (Å²) in [6.07, 6.45) is -1.05. The highest BCUT2D eigenvalue weighted by Gasteiger charge is 2.38. The molecule has 6 nitrogen and oxygen atoms in total. The number of rotatable bonds is 12. The van der Waals surface area contributed by atoms with E-state index in [1.54, 1.807) is 30.3 Å². The minimum Gasteiger partial charge on any atom is -0.491 e. The Bertz CT molecular complexity index is 1110. The minimum absolute atomic E-state index is 0.0380. The first kappa shape index (κ1) is 25.9. The fourth-order valence-electron chi connectivity index (χ4n) is 3.73. The summed E-state index contributed by atoms with van der Waals surface area (Å²) in [5.41, 5.74) is 2.32. The van der Waals surface area contributed by atoms with E-state index in [4.69, 9.17) is 14.0 Å². The van der Waals surface area contributed by atoms with Crippen molar-refractivity contribution in [2.45, 2.75) is 26.9 Å². The lowest BCUT2D eigenvalue weighted by Crippen LogP contribution is -2.26. The normalized spacial score (nSPS) is 13.8. The number of hydrogen-bond acceptors (Lipinski definition) is 6. The Kier molecular flexibility index (Phi) is 9.20. The first-order chi connectivity index (χ1) is 16.3. The van der Waals surface area contributed by atoms with Crippen molar-refractivity contribution in [3.63, 3.8) is 0 Å². The van der Waals surface area contributed by atoms with E-state index in [9.17, 15) is 14.5 Å². The highest BCUT2D eigenvalue weighted by molar-refractivity contribution is 7.83. The van der Waals surface area contributed by atoms with Crippen LogP contribution in [0.15, 0.2) is 72.8 Å². The third-order valence-corrected chi connectivity index (χ3v) is 7.50. The molecule has 0 aromatic heterocycles. The van der Waals surface area contributed by atoms with Crippen LogP contribution >= 0.6 is 7.37 Å². The van der Waals surface area contributed by atoms with Crippen molar-refractivity contribution >= 4 is 18.2 Å². The van der Waals surface area contributed by atoms with Gasteiger partial charge in [0.1, 0.15) is 18.5 Å². The maximum absolute atomic E-state index is 14.0. The van der Waals surface area contributed by atoms with Gasteiger partial charge in [0.2, 0.25) is 0 Å². The van der Waals surface area contributed by atoms with Gasteiger partial charge in [-0.3, -0.25) is 9.36 Å². The van der Waals surface area contributed by atoms with E-state index in [1.165, 1.54) is 0 Å². The number of aryl methyl sites for hydroxylation is 3. The van der Waals surface area contributed by atoms with E-state index in [0.29, 0.717) is 17.5 Å². The summed E-state index contributed by atoms with van der Waals surface area (Å²) in [6, 6.07) is 21.5. The standard InChI is InChI=1S/C27H31O6P/c1-20-16-21(2)26(22(3)17-20)27(29)34(30,25-12-8-5-9-13-25)33-19-23(28)18-31-14-15-32-24-10-6-4-7-11-24/h4-13,16-17,23,28H,14-15,18-19H2,1-3H3. The van der Waals surface area contributed by atoms with Gasteiger partial charge in [-0.1, -0.05) is 54.1 Å². The Hall–Kier alpha value is -2.76. The Labute approximate surface area is 201 Å². The number of carbonyl (C=O) groups excluding carboxylic acids is 1. The average Bonchev–Trinajstić information content (AvgIpc) is 2.83. The van der Waals surface area contributed by atoms with Crippen LogP contribution in [0.3, 0.4) is 0 Å². The van der Waals surface area contributed by atoms with Crippen molar-refractivity contribution in [1.29, 1.82) is 0 Å². The van der Waals surface area contributed by atoms with Gasteiger partial charge < -0.3 is 19.1 Å². The summed E-state index contributed by atoms with van der Waals surface area (Å²) in [6.45, 7) is 5.84. The number of aliphatic hydroxyl groups is 1. The van der Waals surface area contributed by atoms with Crippen LogP contribution in [-0.4, -0.2) is 43.2 Å². The molecule has 0 spiro atoms. The number of hydrogen-bond donors (Lipinski definition) is 1. The molecule has 2 atom stereocenters. The Morgan fingerprint density at radius 1 is 0.882 bits per heavy atom. The van der Waals surface area contributed by atoms with E-state index in [2.05, 4.69) is 0 Å². The first-order valence-electron chi connectivity index (χ1n) is 11.2. The van der Waals surface area contributed by atoms with Gasteiger partial charge in [0, 0.05) is 10.9 Å². The van der Waals surface area contributed by atoms with Crippen LogP contribution in [0.1, 0.15) is 27.0 Å². The van der Waals surface area contributed by atoms with Gasteiger partial charge in [-0.15, -0.1) is 0 Å². The summed E-state index contributed by atoms with van der Waals surface area (Å²) in [5.74, 6) is 0.735. The lowest BCUT2D eigenvalue weighted by Gasteiger charge is -2.22. The largest absolute Gasteiger partial charge is 0.491 e. The van der Waals surface area contributed by atoms with Crippen LogP contribution in [-0.2, 0) is 13.8 Å². The molecule has 0 radical (unpaired) electrons. The Balaban J connectivity index is 1.64. The lowest BCUT2D eigenvalue weighted by molar-refractivity contribution is 0.00457. The van der Waals surface area contributed by atoms with Crippen molar-refractivity contribution in [3.8, 4) is 5.75 Å². The average molecular weight is 483 g/mol. The lowest BCUT2D eigenvalue weighted by atomic mass is 10.0. The number of carbonyl (C=O) groups is 1. The van der Waals surface area contributed by atoms with E-state index in [-0.39, 0.29) is 19.8 Å². The quantitative estimate of drug-likeness (QED) is 0.294. The molecule has 1 N–H and O–H groups in total. The third kappa shape index (κ3) is 6.64. The molecule has 0 amide bonds. The van der Waals surface area contributed by atoms with Gasteiger partial charge in [-0.2, -0.15) is 0 Å². The van der Waals surface area contributed by atoms with Gasteiger partial charge >= 0.3 is 7.37 Å². The molecule has 0 aliphatic rings. The molecule has 3 aromatic rings. The fourth-order valence-corrected chi connectivity index (χ4v) is 5.83. The van der Waals surface area contributed by atoms with Gasteiger partial charge in [0.15, 0.2) is 0 Å². The predicted octanol–water partition coefficient (Wildman–Crippen LogP) is 4.83. The van der Waals surface area contributed by atoms with Crippen LogP contribution in [0, 0.1) is 20.8 Å². The summed E-state index contributed by atoms with van der Waals surface area (Å²) >= 11 is 0. The molecule has 7 heteroatoms. The van der Waals surface area contributed by atoms with E-state index in [0.717, 1.165) is 22.4 Å². The summed E-state index contributed by atoms with van der Waals surface area (Å²) in [4.78, 5) is 13.5. The second-order valence-corrected chi connectivity index (χ2v) is 10.4. The molecule has 0 fully saturated rings. The van der Waals surface area contributed by atoms with Gasteiger partial charge in [0.05, 0.1) is 19.8 Å². The SMILES string of the molecule is Cc1cc(C)c(C(=O)P(=O)(OCC(O)COCCOc2ccccc2)c2ccccc2)c(C)c1. The molecular weight excluding hydrogens is 451 g/mol. The molecule has 2 unspecified atom stereocenters. The summed E-state index contributed by atoms with van der Waals surface area (Å²) in [5, 5.41) is 10.6. The molecule has 0 aliphatic heterocycles. The van der Waals surface area contributed by atoms with Gasteiger partial charge in [0.25, 0.3) is 5.52 Å². The maximum Gasteiger partial charge on any atom is 0.300 e. The van der Waals surface area contributed by atoms with E-state index >= 15 is 0 Å². The maximum atomic E-state index is 14.0. The monoisotopic (exact) mass is 482 g/mol. The molecule has 0 aliphatic carbocycles. The molecule has 0 saturated heterocycles. The number of benzene rings is 3. The Morgan fingerprint density at radius 2 is 1.47 bits per heavy atom. The third-order valence-electron chi connectivity index (χ3n) is 5.25. The second kappa shape index (κ2) is 12.1. The molecule has 0 saturated carbocycles. The molecule has 3 rings (SSSR count). The summed E-state index contributed by atoms with van der Waals surface area (Å²) < 4.78 is 30.7. The minimum atomic E-state index is -3.97. The second-order valence-electron chi connectivity index (χ2n) is 8.15. The van der Waals surface area contributed by atoms with Crippen LogP contribution < -0.4 is 10.0 Å². The predicted molar refractivity (Wildman–Crippen MR) is 133 cm³/mol. The van der Waals surface area contributed by atoms with E-state index < -0.39 is 19.0 Å². The first-order valence-corrected chi connectivity index (χ1v) is 12.8. The molecule has 34 heavy (non-hydrogen) atoms. The fraction of sp³-hybridized carbons (Fsp3) is 0.296. The van der Waals surface area contributed by atoms with Gasteiger partial charge in [-0.25, -0.2) is 0 Å². The van der Waals surface area contributed by atoms with Gasteiger partial charge in [-0.05, 0) is 56.2 Å². The molecule has 0 heterocycles. The molecule has 0 bridgehead atoms. The van der Waals surface area contributed by atoms with Crippen molar-refractivity contribution < 1.29 is 28.5 Å². The van der Waals surface area contributed by atoms with Crippen molar-refractivity contribution in [3.05, 3.63) is 95.1 Å². The molecule has 3 aromatic carbocycles. The number of para-hydroxylation sites is 1. The smallest absolute Gasteiger partial charge is 0.300 e.